The van der Waals surface area contributed by atoms with E-state index in [0.29, 0.717) is 5.41 Å². The van der Waals surface area contributed by atoms with Crippen molar-refractivity contribution in [3.05, 3.63) is 24.3 Å². The summed E-state index contributed by atoms with van der Waals surface area (Å²) in [4.78, 5) is 0. The lowest BCUT2D eigenvalue weighted by Gasteiger charge is -2.37. The fourth-order valence-electron chi connectivity index (χ4n) is 2.57. The fraction of sp³-hybridized carbons (Fsp3) is 0.692. The summed E-state index contributed by atoms with van der Waals surface area (Å²) in [5.41, 5.74) is 2.06. The lowest BCUT2D eigenvalue weighted by atomic mass is 9.67. The molecule has 1 aliphatic rings. The van der Waals surface area contributed by atoms with Gasteiger partial charge in [0.1, 0.15) is 0 Å². The lowest BCUT2D eigenvalue weighted by molar-refractivity contribution is 0.242. The molecule has 13 heavy (non-hydrogen) atoms. The Kier molecular flexibility index (Phi) is 3.77. The SMILES string of the molecule is C=CCC1(/C(C)=C/C)CCCCC1. The van der Waals surface area contributed by atoms with Gasteiger partial charge in [0.2, 0.25) is 0 Å². The molecule has 0 radical (unpaired) electrons. The molecular formula is C13H22. The molecule has 0 aliphatic heterocycles. The molecule has 0 aromatic carbocycles. The van der Waals surface area contributed by atoms with Crippen molar-refractivity contribution in [2.75, 3.05) is 0 Å². The van der Waals surface area contributed by atoms with Crippen molar-refractivity contribution < 1.29 is 0 Å². The van der Waals surface area contributed by atoms with Gasteiger partial charge in [-0.3, -0.25) is 0 Å². The smallest absolute Gasteiger partial charge is 0.00566 e. The molecule has 0 spiro atoms. The Morgan fingerprint density at radius 3 is 2.38 bits per heavy atom. The maximum Gasteiger partial charge on any atom is -0.00566 e. The standard InChI is InChI=1S/C13H22/c1-4-9-13(12(3)5-2)10-7-6-8-11-13/h4-5H,1,6-11H2,2-3H3/b12-5+. The van der Waals surface area contributed by atoms with Crippen LogP contribution in [0.4, 0.5) is 0 Å². The molecule has 0 saturated heterocycles. The highest BCUT2D eigenvalue weighted by molar-refractivity contribution is 5.14. The van der Waals surface area contributed by atoms with E-state index in [1.807, 2.05) is 0 Å². The Labute approximate surface area is 82.7 Å². The predicted molar refractivity (Wildman–Crippen MR) is 59.8 cm³/mol. The first-order valence-corrected chi connectivity index (χ1v) is 5.49. The Bertz CT molecular complexity index is 192. The number of hydrogen-bond acceptors (Lipinski definition) is 0. The summed E-state index contributed by atoms with van der Waals surface area (Å²) >= 11 is 0. The van der Waals surface area contributed by atoms with Crippen molar-refractivity contribution in [1.29, 1.82) is 0 Å². The van der Waals surface area contributed by atoms with E-state index in [1.165, 1.54) is 38.5 Å². The van der Waals surface area contributed by atoms with Gasteiger partial charge < -0.3 is 0 Å². The molecule has 0 amide bonds. The van der Waals surface area contributed by atoms with Crippen LogP contribution in [0, 0.1) is 5.41 Å². The summed E-state index contributed by atoms with van der Waals surface area (Å²) < 4.78 is 0. The molecule has 0 atom stereocenters. The van der Waals surface area contributed by atoms with E-state index in [4.69, 9.17) is 0 Å². The average Bonchev–Trinajstić information content (AvgIpc) is 2.18. The summed E-state index contributed by atoms with van der Waals surface area (Å²) in [5, 5.41) is 0. The Morgan fingerprint density at radius 1 is 1.31 bits per heavy atom. The predicted octanol–water partition coefficient (Wildman–Crippen LogP) is 4.48. The minimum absolute atomic E-state index is 0.481. The third kappa shape index (κ3) is 2.24. The van der Waals surface area contributed by atoms with Crippen molar-refractivity contribution >= 4 is 0 Å². The van der Waals surface area contributed by atoms with Gasteiger partial charge in [0.15, 0.2) is 0 Å². The number of rotatable bonds is 3. The van der Waals surface area contributed by atoms with Gasteiger partial charge in [-0.2, -0.15) is 0 Å². The van der Waals surface area contributed by atoms with Gasteiger partial charge >= 0.3 is 0 Å². The van der Waals surface area contributed by atoms with E-state index < -0.39 is 0 Å². The summed E-state index contributed by atoms with van der Waals surface area (Å²) in [5.74, 6) is 0. The minimum Gasteiger partial charge on any atom is -0.103 e. The molecule has 1 aliphatic carbocycles. The summed E-state index contributed by atoms with van der Waals surface area (Å²) in [6, 6.07) is 0. The fourth-order valence-corrected chi connectivity index (χ4v) is 2.57. The lowest BCUT2D eigenvalue weighted by Crippen LogP contribution is -2.24. The van der Waals surface area contributed by atoms with E-state index in [2.05, 4.69) is 32.6 Å². The van der Waals surface area contributed by atoms with Gasteiger partial charge in [0.25, 0.3) is 0 Å². The molecule has 0 heterocycles. The normalized spacial score (nSPS) is 22.8. The summed E-state index contributed by atoms with van der Waals surface area (Å²) in [7, 11) is 0. The van der Waals surface area contributed by atoms with Crippen molar-refractivity contribution in [2.24, 2.45) is 5.41 Å². The van der Waals surface area contributed by atoms with Crippen molar-refractivity contribution in [3.8, 4) is 0 Å². The molecule has 0 N–H and O–H groups in total. The largest absolute Gasteiger partial charge is 0.103 e. The quantitative estimate of drug-likeness (QED) is 0.559. The number of allylic oxidation sites excluding steroid dienone is 3. The van der Waals surface area contributed by atoms with Crippen LogP contribution < -0.4 is 0 Å². The first-order chi connectivity index (χ1) is 6.25. The first-order valence-electron chi connectivity index (χ1n) is 5.49. The van der Waals surface area contributed by atoms with Crippen molar-refractivity contribution in [1.82, 2.24) is 0 Å². The molecule has 74 valence electrons. The van der Waals surface area contributed by atoms with Crippen molar-refractivity contribution in [2.45, 2.75) is 52.4 Å². The van der Waals surface area contributed by atoms with Crippen LogP contribution in [0.3, 0.4) is 0 Å². The van der Waals surface area contributed by atoms with E-state index in [9.17, 15) is 0 Å². The number of hydrogen-bond donors (Lipinski definition) is 0. The second kappa shape index (κ2) is 4.64. The molecule has 1 fully saturated rings. The molecule has 0 nitrogen and oxygen atoms in total. The summed E-state index contributed by atoms with van der Waals surface area (Å²) in [6.07, 6.45) is 12.5. The molecule has 0 unspecified atom stereocenters. The van der Waals surface area contributed by atoms with Crippen LogP contribution in [-0.4, -0.2) is 0 Å². The molecule has 1 saturated carbocycles. The minimum atomic E-state index is 0.481. The van der Waals surface area contributed by atoms with Crippen LogP contribution in [-0.2, 0) is 0 Å². The Morgan fingerprint density at radius 2 is 1.92 bits per heavy atom. The van der Waals surface area contributed by atoms with Crippen LogP contribution in [0.2, 0.25) is 0 Å². The van der Waals surface area contributed by atoms with E-state index in [0.717, 1.165) is 0 Å². The monoisotopic (exact) mass is 178 g/mol. The van der Waals surface area contributed by atoms with Crippen LogP contribution in [0.25, 0.3) is 0 Å². The molecule has 0 heteroatoms. The van der Waals surface area contributed by atoms with Gasteiger partial charge in [-0.25, -0.2) is 0 Å². The Balaban J connectivity index is 2.78. The second-order valence-corrected chi connectivity index (χ2v) is 4.31. The topological polar surface area (TPSA) is 0 Å². The van der Waals surface area contributed by atoms with Crippen molar-refractivity contribution in [3.63, 3.8) is 0 Å². The highest BCUT2D eigenvalue weighted by atomic mass is 14.4. The molecule has 0 bridgehead atoms. The average molecular weight is 178 g/mol. The third-order valence-corrected chi connectivity index (χ3v) is 3.62. The van der Waals surface area contributed by atoms with Gasteiger partial charge in [-0.15, -0.1) is 6.58 Å². The first kappa shape index (κ1) is 10.6. The zero-order valence-electron chi connectivity index (χ0n) is 9.10. The highest BCUT2D eigenvalue weighted by Gasteiger charge is 2.31. The van der Waals surface area contributed by atoms with Gasteiger partial charge in [-0.05, 0) is 38.5 Å². The second-order valence-electron chi connectivity index (χ2n) is 4.31. The van der Waals surface area contributed by atoms with E-state index >= 15 is 0 Å². The Hall–Kier alpha value is -0.520. The maximum atomic E-state index is 3.89. The van der Waals surface area contributed by atoms with Gasteiger partial charge in [-0.1, -0.05) is 37.0 Å². The van der Waals surface area contributed by atoms with Crippen LogP contribution >= 0.6 is 0 Å². The zero-order chi connectivity index (χ0) is 9.73. The van der Waals surface area contributed by atoms with Gasteiger partial charge in [0.05, 0.1) is 0 Å². The van der Waals surface area contributed by atoms with Crippen LogP contribution in [0.15, 0.2) is 24.3 Å². The molecule has 0 aromatic heterocycles. The van der Waals surface area contributed by atoms with E-state index in [1.54, 1.807) is 5.57 Å². The molecule has 1 rings (SSSR count). The highest BCUT2D eigenvalue weighted by Crippen LogP contribution is 2.45. The van der Waals surface area contributed by atoms with Gasteiger partial charge in [0, 0.05) is 0 Å². The van der Waals surface area contributed by atoms with Crippen LogP contribution in [0.5, 0.6) is 0 Å². The summed E-state index contributed by atoms with van der Waals surface area (Å²) in [6.45, 7) is 8.34. The third-order valence-electron chi connectivity index (χ3n) is 3.62. The molecule has 0 aromatic rings. The van der Waals surface area contributed by atoms with Crippen LogP contribution in [0.1, 0.15) is 52.4 Å². The maximum absolute atomic E-state index is 3.89. The zero-order valence-corrected chi connectivity index (χ0v) is 9.10. The van der Waals surface area contributed by atoms with E-state index in [-0.39, 0.29) is 0 Å². The molecular weight excluding hydrogens is 156 g/mol.